The molecule has 1 aliphatic heterocycles. The van der Waals surface area contributed by atoms with Gasteiger partial charge in [0, 0.05) is 25.7 Å². The third-order valence-electron chi connectivity index (χ3n) is 4.92. The second-order valence-electron chi connectivity index (χ2n) is 7.13. The first-order valence-electron chi connectivity index (χ1n) is 9.75. The number of carboxylic acids is 1. The van der Waals surface area contributed by atoms with E-state index < -0.39 is 18.0 Å². The summed E-state index contributed by atoms with van der Waals surface area (Å²) in [5.41, 5.74) is 7.70. The van der Waals surface area contributed by atoms with E-state index in [1.165, 1.54) is 4.90 Å². The van der Waals surface area contributed by atoms with E-state index in [9.17, 15) is 19.5 Å². The fraction of sp³-hybridized carbons (Fsp3) is 0.333. The second-order valence-corrected chi connectivity index (χ2v) is 7.13. The molecule has 3 rings (SSSR count). The molecule has 1 aromatic carbocycles. The number of rotatable bonds is 6. The van der Waals surface area contributed by atoms with Crippen molar-refractivity contribution in [2.45, 2.75) is 32.2 Å². The lowest BCUT2D eigenvalue weighted by Gasteiger charge is -2.36. The number of hydrazine groups is 1. The molecular weight excluding hydrogens is 386 g/mol. The van der Waals surface area contributed by atoms with Crippen molar-refractivity contribution in [1.82, 2.24) is 20.7 Å². The average Bonchev–Trinajstić information content (AvgIpc) is 2.72. The number of benzene rings is 1. The number of amides is 3. The number of aromatic nitrogens is 1. The first-order valence-corrected chi connectivity index (χ1v) is 9.75. The number of aliphatic carboxylic acids is 1. The number of nitrogens with zero attached hydrogens (tertiary/aromatic N) is 2. The zero-order chi connectivity index (χ0) is 21.5. The van der Waals surface area contributed by atoms with Gasteiger partial charge in [-0.1, -0.05) is 24.3 Å². The number of carboxylic acid groups (broad SMARTS) is 1. The van der Waals surface area contributed by atoms with Crippen molar-refractivity contribution in [3.8, 4) is 0 Å². The Morgan fingerprint density at radius 1 is 1.20 bits per heavy atom. The molecule has 0 radical (unpaired) electrons. The van der Waals surface area contributed by atoms with Crippen LogP contribution in [0.15, 0.2) is 42.6 Å². The Bertz CT molecular complexity index is 933. The second kappa shape index (κ2) is 9.73. The number of urea groups is 1. The first-order chi connectivity index (χ1) is 14.4. The van der Waals surface area contributed by atoms with Gasteiger partial charge in [-0.15, -0.1) is 0 Å². The van der Waals surface area contributed by atoms with E-state index >= 15 is 0 Å². The maximum atomic E-state index is 12.6. The fourth-order valence-corrected chi connectivity index (χ4v) is 3.47. The summed E-state index contributed by atoms with van der Waals surface area (Å²) in [6.45, 7) is 2.68. The van der Waals surface area contributed by atoms with Crippen LogP contribution in [-0.2, 0) is 16.0 Å². The van der Waals surface area contributed by atoms with Crippen LogP contribution >= 0.6 is 0 Å². The number of nitrogens with one attached hydrogen (secondary N) is 3. The lowest BCUT2D eigenvalue weighted by Crippen LogP contribution is -2.52. The van der Waals surface area contributed by atoms with E-state index in [0.717, 1.165) is 16.7 Å². The molecule has 1 aromatic heterocycles. The summed E-state index contributed by atoms with van der Waals surface area (Å²) in [4.78, 5) is 41.6. The van der Waals surface area contributed by atoms with Crippen LogP contribution in [0, 0.1) is 6.92 Å². The topological polar surface area (TPSA) is 124 Å². The molecule has 158 valence electrons. The number of fused-ring (bicyclic) bond motifs is 1. The van der Waals surface area contributed by atoms with Crippen LogP contribution in [0.25, 0.3) is 0 Å². The van der Waals surface area contributed by atoms with Crippen LogP contribution in [0.5, 0.6) is 0 Å². The van der Waals surface area contributed by atoms with E-state index in [-0.39, 0.29) is 18.7 Å². The fourth-order valence-electron chi connectivity index (χ4n) is 3.47. The third-order valence-corrected chi connectivity index (χ3v) is 4.92. The molecule has 0 saturated heterocycles. The molecule has 0 spiro atoms. The Hall–Kier alpha value is -3.62. The molecule has 30 heavy (non-hydrogen) atoms. The third kappa shape index (κ3) is 5.47. The van der Waals surface area contributed by atoms with Crippen LogP contribution in [0.3, 0.4) is 0 Å². The van der Waals surface area contributed by atoms with Gasteiger partial charge in [0.1, 0.15) is 5.82 Å². The zero-order valence-electron chi connectivity index (χ0n) is 16.7. The number of pyridine rings is 1. The van der Waals surface area contributed by atoms with E-state index in [1.807, 2.05) is 43.3 Å². The van der Waals surface area contributed by atoms with Crippen molar-refractivity contribution in [1.29, 1.82) is 0 Å². The maximum Gasteiger partial charge on any atom is 0.336 e. The van der Waals surface area contributed by atoms with Crippen molar-refractivity contribution in [3.63, 3.8) is 0 Å². The van der Waals surface area contributed by atoms with Crippen molar-refractivity contribution >= 4 is 23.7 Å². The summed E-state index contributed by atoms with van der Waals surface area (Å²) in [7, 11) is 0. The molecule has 0 aliphatic carbocycles. The predicted molar refractivity (Wildman–Crippen MR) is 111 cm³/mol. The highest BCUT2D eigenvalue weighted by atomic mass is 16.4. The number of anilines is 1. The Morgan fingerprint density at radius 2 is 2.00 bits per heavy atom. The highest BCUT2D eigenvalue weighted by molar-refractivity contribution is 5.82. The number of carbonyl (C=O) groups excluding carboxylic acids is 2. The van der Waals surface area contributed by atoms with Gasteiger partial charge in [0.25, 0.3) is 0 Å². The molecule has 2 aromatic rings. The maximum absolute atomic E-state index is 12.6. The smallest absolute Gasteiger partial charge is 0.336 e. The Kier molecular flexibility index (Phi) is 6.84. The van der Waals surface area contributed by atoms with Gasteiger partial charge in [0.15, 0.2) is 0 Å². The zero-order valence-corrected chi connectivity index (χ0v) is 16.7. The van der Waals surface area contributed by atoms with Crippen LogP contribution in [0.4, 0.5) is 10.6 Å². The summed E-state index contributed by atoms with van der Waals surface area (Å²) < 4.78 is 0. The van der Waals surface area contributed by atoms with Crippen molar-refractivity contribution in [3.05, 3.63) is 59.3 Å². The van der Waals surface area contributed by atoms with Gasteiger partial charge < -0.3 is 15.3 Å². The molecule has 0 saturated carbocycles. The summed E-state index contributed by atoms with van der Waals surface area (Å²) in [6.07, 6.45) is 2.24. The van der Waals surface area contributed by atoms with Crippen LogP contribution in [0.1, 0.15) is 35.6 Å². The number of hydrogen-bond donors (Lipinski definition) is 4. The summed E-state index contributed by atoms with van der Waals surface area (Å²) in [5.74, 6) is -0.680. The quantitative estimate of drug-likeness (QED) is 0.539. The Balaban J connectivity index is 1.52. The van der Waals surface area contributed by atoms with Gasteiger partial charge in [-0.05, 0) is 42.2 Å². The van der Waals surface area contributed by atoms with Gasteiger partial charge >= 0.3 is 12.0 Å². The number of hydrogen-bond acceptors (Lipinski definition) is 5. The van der Waals surface area contributed by atoms with Crippen LogP contribution in [0.2, 0.25) is 0 Å². The standard InChI is InChI=1S/C21H25N5O4/c1-14-6-9-22-18(12-14)23-10-7-19(27)24-25-21(30)26-11-8-15-4-2-3-5-16(15)17(26)13-20(28)29/h2-6,9,12,17H,7-8,10-11,13H2,1H3,(H,22,23)(H,24,27)(H,25,30)(H,28,29). The van der Waals surface area contributed by atoms with Crippen LogP contribution in [-0.4, -0.2) is 46.0 Å². The normalized spacial score (nSPS) is 15.1. The summed E-state index contributed by atoms with van der Waals surface area (Å²) >= 11 is 0. The minimum absolute atomic E-state index is 0.136. The van der Waals surface area contributed by atoms with Gasteiger partial charge in [0.05, 0.1) is 12.5 Å². The lowest BCUT2D eigenvalue weighted by atomic mass is 9.91. The van der Waals surface area contributed by atoms with Crippen LogP contribution < -0.4 is 16.2 Å². The Morgan fingerprint density at radius 3 is 2.77 bits per heavy atom. The van der Waals surface area contributed by atoms with Gasteiger partial charge in [-0.25, -0.2) is 15.2 Å². The molecule has 1 atom stereocenters. The first kappa shape index (κ1) is 21.1. The van der Waals surface area contributed by atoms with Gasteiger partial charge in [-0.2, -0.15) is 0 Å². The van der Waals surface area contributed by atoms with E-state index in [1.54, 1.807) is 6.20 Å². The molecule has 2 heterocycles. The minimum Gasteiger partial charge on any atom is -0.481 e. The summed E-state index contributed by atoms with van der Waals surface area (Å²) in [6, 6.07) is 10.1. The highest BCUT2D eigenvalue weighted by Gasteiger charge is 2.32. The molecule has 9 nitrogen and oxygen atoms in total. The average molecular weight is 411 g/mol. The minimum atomic E-state index is -0.991. The largest absolute Gasteiger partial charge is 0.481 e. The summed E-state index contributed by atoms with van der Waals surface area (Å²) in [5, 5.41) is 12.3. The van der Waals surface area contributed by atoms with E-state index in [4.69, 9.17) is 0 Å². The molecule has 9 heteroatoms. The number of carbonyl (C=O) groups is 3. The molecule has 1 aliphatic rings. The van der Waals surface area contributed by atoms with Crippen molar-refractivity contribution in [2.75, 3.05) is 18.4 Å². The van der Waals surface area contributed by atoms with E-state index in [2.05, 4.69) is 21.2 Å². The monoisotopic (exact) mass is 411 g/mol. The molecule has 0 bridgehead atoms. The highest BCUT2D eigenvalue weighted by Crippen LogP contribution is 2.32. The molecule has 1 unspecified atom stereocenters. The molecule has 3 amide bonds. The SMILES string of the molecule is Cc1ccnc(NCCC(=O)NNC(=O)N2CCc3ccccc3C2CC(=O)O)c1. The van der Waals surface area contributed by atoms with E-state index in [0.29, 0.717) is 25.3 Å². The molecular formula is C21H25N5O4. The Labute approximate surface area is 174 Å². The van der Waals surface area contributed by atoms with Gasteiger partial charge in [-0.3, -0.25) is 15.0 Å². The predicted octanol–water partition coefficient (Wildman–Crippen LogP) is 2.01. The van der Waals surface area contributed by atoms with Crippen molar-refractivity contribution in [2.24, 2.45) is 0 Å². The lowest BCUT2D eigenvalue weighted by molar-refractivity contribution is -0.138. The van der Waals surface area contributed by atoms with Gasteiger partial charge in [0.2, 0.25) is 5.91 Å². The van der Waals surface area contributed by atoms with Crippen molar-refractivity contribution < 1.29 is 19.5 Å². The number of aryl methyl sites for hydroxylation is 1. The molecule has 4 N–H and O–H groups in total. The molecule has 0 fully saturated rings.